The van der Waals surface area contributed by atoms with Crippen molar-refractivity contribution < 1.29 is 113 Å². The molecule has 16 valence electrons. The van der Waals surface area contributed by atoms with Gasteiger partial charge in [-0.3, -0.25) is 0 Å². The molecular weight excluding hydrogens is 211 g/mol. The van der Waals surface area contributed by atoms with E-state index < -0.39 is 0 Å². The Kier molecular flexibility index (Phi) is 110. The minimum atomic E-state index is 0. The van der Waals surface area contributed by atoms with Gasteiger partial charge in [0.1, 0.15) is 0 Å². The first-order chi connectivity index (χ1) is 0. The summed E-state index contributed by atoms with van der Waals surface area (Å²) >= 11 is 0. The number of hydrogen-bond donors (Lipinski definition) is 0. The Labute approximate surface area is 109 Å². The maximum absolute atomic E-state index is 0. The summed E-state index contributed by atoms with van der Waals surface area (Å²) in [5, 5.41) is 0. The summed E-state index contributed by atoms with van der Waals surface area (Å²) in [6.45, 7) is 0. The summed E-state index contributed by atoms with van der Waals surface area (Å²) in [5.74, 6) is 0. The maximum Gasteiger partial charge on any atom is 1.00 e. The van der Waals surface area contributed by atoms with Crippen LogP contribution in [0, 0.1) is 0 Å². The molecule has 4 heavy (non-hydrogen) atoms. The normalized spacial score (nSPS) is 0. The van der Waals surface area contributed by atoms with Crippen molar-refractivity contribution in [3.8, 4) is 0 Å². The van der Waals surface area contributed by atoms with E-state index in [2.05, 4.69) is 0 Å². The van der Waals surface area contributed by atoms with E-state index in [1.165, 1.54) is 0 Å². The standard InChI is InChI=1S/2ClH.Cs.Li/h2*1H;;/q;;2*+1/p-2. The van der Waals surface area contributed by atoms with Gasteiger partial charge in [-0.1, -0.05) is 0 Å². The molecule has 0 aliphatic rings. The Morgan fingerprint density at radius 3 is 0.750 bits per heavy atom. The molecule has 0 unspecified atom stereocenters. The number of hydrogen-bond acceptors (Lipinski definition) is 0. The van der Waals surface area contributed by atoms with Crippen LogP contribution in [0.15, 0.2) is 0 Å². The molecule has 0 N–H and O–H groups in total. The first-order valence-electron chi connectivity index (χ1n) is 0. The molecule has 0 saturated carbocycles. The van der Waals surface area contributed by atoms with E-state index in [0.717, 1.165) is 0 Å². The average molecular weight is 211 g/mol. The third-order valence-electron chi connectivity index (χ3n) is 0. The minimum Gasteiger partial charge on any atom is -1.00 e. The van der Waals surface area contributed by atoms with Crippen LogP contribution < -0.4 is 113 Å². The number of rotatable bonds is 0. The van der Waals surface area contributed by atoms with Crippen LogP contribution >= 0.6 is 0 Å². The molecule has 0 fully saturated rings. The van der Waals surface area contributed by atoms with Crippen LogP contribution in [0.2, 0.25) is 0 Å². The van der Waals surface area contributed by atoms with E-state index in [-0.39, 0.29) is 113 Å². The van der Waals surface area contributed by atoms with Crippen molar-refractivity contribution in [1.29, 1.82) is 0 Å². The third kappa shape index (κ3) is 8.97. The fourth-order valence-corrected chi connectivity index (χ4v) is 0. The zero-order chi connectivity index (χ0) is 0. The van der Waals surface area contributed by atoms with Gasteiger partial charge in [0.05, 0.1) is 0 Å². The summed E-state index contributed by atoms with van der Waals surface area (Å²) in [5.41, 5.74) is 0. The zero-order valence-electron chi connectivity index (χ0n) is 2.76. The SMILES string of the molecule is [Cl-].[Cl-].[Cs+].[Li+]. The van der Waals surface area contributed by atoms with Crippen molar-refractivity contribution >= 4 is 0 Å². The van der Waals surface area contributed by atoms with Crippen LogP contribution in [0.1, 0.15) is 0 Å². The van der Waals surface area contributed by atoms with Gasteiger partial charge in [0.25, 0.3) is 0 Å². The molecule has 0 aromatic rings. The van der Waals surface area contributed by atoms with Gasteiger partial charge in [-0.15, -0.1) is 0 Å². The van der Waals surface area contributed by atoms with Gasteiger partial charge < -0.3 is 24.8 Å². The van der Waals surface area contributed by atoms with E-state index in [1.807, 2.05) is 0 Å². The fourth-order valence-electron chi connectivity index (χ4n) is 0. The topological polar surface area (TPSA) is 0 Å². The van der Waals surface area contributed by atoms with Crippen molar-refractivity contribution in [2.24, 2.45) is 0 Å². The number of halogens is 2. The van der Waals surface area contributed by atoms with Crippen molar-refractivity contribution in [3.63, 3.8) is 0 Å². The summed E-state index contributed by atoms with van der Waals surface area (Å²) in [6, 6.07) is 0. The summed E-state index contributed by atoms with van der Waals surface area (Å²) < 4.78 is 0. The third-order valence-corrected chi connectivity index (χ3v) is 0. The molecule has 4 heteroatoms. The second-order valence-electron chi connectivity index (χ2n) is 0. The molecule has 0 rings (SSSR count). The van der Waals surface area contributed by atoms with Gasteiger partial charge in [-0.2, -0.15) is 0 Å². The molecule has 0 aliphatic heterocycles. The smallest absolute Gasteiger partial charge is 1.00 e. The molecule has 0 radical (unpaired) electrons. The summed E-state index contributed by atoms with van der Waals surface area (Å²) in [4.78, 5) is 0. The van der Waals surface area contributed by atoms with Gasteiger partial charge in [0, 0.05) is 0 Å². The Hall–Kier alpha value is 3.23. The Morgan fingerprint density at radius 1 is 0.750 bits per heavy atom. The maximum atomic E-state index is 0. The van der Waals surface area contributed by atoms with E-state index in [4.69, 9.17) is 0 Å². The molecule has 0 amide bonds. The molecule has 0 nitrogen and oxygen atoms in total. The van der Waals surface area contributed by atoms with E-state index in [9.17, 15) is 0 Å². The molecule has 0 aromatic heterocycles. The predicted molar refractivity (Wildman–Crippen MR) is 0 cm³/mol. The monoisotopic (exact) mass is 210 g/mol. The largest absolute Gasteiger partial charge is 1.00 e. The van der Waals surface area contributed by atoms with Crippen molar-refractivity contribution in [3.05, 3.63) is 0 Å². The molecule has 0 saturated heterocycles. The van der Waals surface area contributed by atoms with Crippen LogP contribution in [0.25, 0.3) is 0 Å². The first kappa shape index (κ1) is 26.9. The molecule has 0 spiro atoms. The van der Waals surface area contributed by atoms with Crippen molar-refractivity contribution in [1.82, 2.24) is 0 Å². The van der Waals surface area contributed by atoms with Crippen LogP contribution in [0.4, 0.5) is 0 Å². The van der Waals surface area contributed by atoms with Gasteiger partial charge in [0.15, 0.2) is 0 Å². The average Bonchev–Trinajstić information content (AvgIpc) is 0. The molecular formula is Cl2CsLi. The van der Waals surface area contributed by atoms with Crippen LogP contribution in [0.5, 0.6) is 0 Å². The van der Waals surface area contributed by atoms with E-state index in [1.54, 1.807) is 0 Å². The van der Waals surface area contributed by atoms with E-state index >= 15 is 0 Å². The Morgan fingerprint density at radius 2 is 0.750 bits per heavy atom. The van der Waals surface area contributed by atoms with Crippen LogP contribution in [-0.2, 0) is 0 Å². The van der Waals surface area contributed by atoms with Crippen LogP contribution in [0.3, 0.4) is 0 Å². The summed E-state index contributed by atoms with van der Waals surface area (Å²) in [6.07, 6.45) is 0. The quantitative estimate of drug-likeness (QED) is 0.349. The second kappa shape index (κ2) is 16.3. The molecule has 0 aromatic carbocycles. The van der Waals surface area contributed by atoms with Crippen molar-refractivity contribution in [2.75, 3.05) is 0 Å². The minimum absolute atomic E-state index is 0. The predicted octanol–water partition coefficient (Wildman–Crippen LogP) is -12.0. The van der Waals surface area contributed by atoms with E-state index in [0.29, 0.717) is 0 Å². The summed E-state index contributed by atoms with van der Waals surface area (Å²) in [7, 11) is 0. The van der Waals surface area contributed by atoms with Gasteiger partial charge >= 0.3 is 87.8 Å². The zero-order valence-corrected chi connectivity index (χ0v) is 10.5. The molecule has 0 bridgehead atoms. The van der Waals surface area contributed by atoms with Gasteiger partial charge in [0.2, 0.25) is 0 Å². The molecule has 0 aliphatic carbocycles. The fraction of sp³-hybridized carbons (Fsp3) is 0. The van der Waals surface area contributed by atoms with Gasteiger partial charge in [-0.25, -0.2) is 0 Å². The Balaban J connectivity index is 0. The van der Waals surface area contributed by atoms with Gasteiger partial charge in [-0.05, 0) is 0 Å². The molecule has 0 atom stereocenters. The second-order valence-corrected chi connectivity index (χ2v) is 0. The molecule has 0 heterocycles. The Bertz CT molecular complexity index is 6.00. The van der Waals surface area contributed by atoms with Crippen molar-refractivity contribution in [2.45, 2.75) is 0 Å². The van der Waals surface area contributed by atoms with Crippen LogP contribution in [-0.4, -0.2) is 0 Å². The first-order valence-corrected chi connectivity index (χ1v) is 0.